The van der Waals surface area contributed by atoms with Crippen molar-refractivity contribution in [1.29, 1.82) is 0 Å². The van der Waals surface area contributed by atoms with Crippen LogP contribution in [0.4, 0.5) is 10.8 Å². The molecule has 0 radical (unpaired) electrons. The maximum atomic E-state index is 13.1. The molecule has 6 heteroatoms. The lowest BCUT2D eigenvalue weighted by molar-refractivity contribution is 0.102. The van der Waals surface area contributed by atoms with Gasteiger partial charge < -0.3 is 10.6 Å². The summed E-state index contributed by atoms with van der Waals surface area (Å²) in [5.41, 5.74) is 5.32. The van der Waals surface area contributed by atoms with Crippen LogP contribution < -0.4 is 10.6 Å². The maximum Gasteiger partial charge on any atom is 0.256 e. The topological polar surface area (TPSA) is 66.9 Å². The van der Waals surface area contributed by atoms with Crippen LogP contribution >= 0.6 is 11.3 Å². The quantitative estimate of drug-likeness (QED) is 0.365. The second-order valence-electron chi connectivity index (χ2n) is 8.36. The molecule has 1 amide bonds. The highest BCUT2D eigenvalue weighted by atomic mass is 32.1. The van der Waals surface area contributed by atoms with Gasteiger partial charge in [-0.05, 0) is 79.6 Å². The number of pyridine rings is 2. The molecule has 4 aromatic rings. The zero-order chi connectivity index (χ0) is 22.6. The van der Waals surface area contributed by atoms with E-state index in [1.54, 1.807) is 17.5 Å². The van der Waals surface area contributed by atoms with E-state index in [1.165, 1.54) is 16.9 Å². The first-order valence-electron chi connectivity index (χ1n) is 11.3. The third-order valence-corrected chi connectivity index (χ3v) is 7.21. The van der Waals surface area contributed by atoms with E-state index in [0.717, 1.165) is 46.8 Å². The SMILES string of the molecule is Cc1ccnc(N[C@@H](c2cccnc2)c2c(NC(=O)c3ccccc3)sc3c2CCCC3)c1. The average Bonchev–Trinajstić information content (AvgIpc) is 3.21. The van der Waals surface area contributed by atoms with Gasteiger partial charge in [-0.3, -0.25) is 9.78 Å². The molecule has 1 atom stereocenters. The minimum Gasteiger partial charge on any atom is -0.359 e. The molecule has 3 heterocycles. The Hall–Kier alpha value is -3.51. The number of fused-ring (bicyclic) bond motifs is 1. The standard InChI is InChI=1S/C27H26N4OS/c1-18-13-15-29-23(16-18)30-25(20-10-7-14-28-17-20)24-21-11-5-6-12-22(21)33-27(24)31-26(32)19-8-3-2-4-9-19/h2-4,7-10,13-17,25H,5-6,11-12H2,1H3,(H,29,30)(H,31,32)/t25-/m0/s1. The summed E-state index contributed by atoms with van der Waals surface area (Å²) < 4.78 is 0. The van der Waals surface area contributed by atoms with E-state index in [-0.39, 0.29) is 11.9 Å². The number of hydrogen-bond acceptors (Lipinski definition) is 5. The zero-order valence-electron chi connectivity index (χ0n) is 18.5. The highest BCUT2D eigenvalue weighted by Gasteiger charge is 2.29. The van der Waals surface area contributed by atoms with Gasteiger partial charge in [0.1, 0.15) is 10.8 Å². The fourth-order valence-electron chi connectivity index (χ4n) is 4.39. The summed E-state index contributed by atoms with van der Waals surface area (Å²) in [7, 11) is 0. The van der Waals surface area contributed by atoms with Crippen LogP contribution in [0.25, 0.3) is 0 Å². The summed E-state index contributed by atoms with van der Waals surface area (Å²) in [5.74, 6) is 0.717. The van der Waals surface area contributed by atoms with Crippen LogP contribution in [-0.4, -0.2) is 15.9 Å². The van der Waals surface area contributed by atoms with Gasteiger partial charge in [0.25, 0.3) is 5.91 Å². The number of carbonyl (C=O) groups excluding carboxylic acids is 1. The summed E-state index contributed by atoms with van der Waals surface area (Å²) in [6.07, 6.45) is 9.91. The molecule has 5 nitrogen and oxygen atoms in total. The second-order valence-corrected chi connectivity index (χ2v) is 9.46. The molecule has 0 fully saturated rings. The number of thiophene rings is 1. The van der Waals surface area contributed by atoms with Gasteiger partial charge in [0, 0.05) is 34.6 Å². The average molecular weight is 455 g/mol. The summed E-state index contributed by atoms with van der Waals surface area (Å²) in [6.45, 7) is 2.06. The molecule has 2 N–H and O–H groups in total. The first kappa shape index (κ1) is 21.3. The van der Waals surface area contributed by atoms with Gasteiger partial charge in [-0.2, -0.15) is 0 Å². The van der Waals surface area contributed by atoms with Crippen LogP contribution in [0.5, 0.6) is 0 Å². The molecule has 1 aliphatic rings. The lowest BCUT2D eigenvalue weighted by atomic mass is 9.90. The first-order chi connectivity index (χ1) is 16.2. The molecule has 0 spiro atoms. The highest BCUT2D eigenvalue weighted by molar-refractivity contribution is 7.16. The van der Waals surface area contributed by atoms with Crippen molar-refractivity contribution in [2.45, 2.75) is 38.6 Å². The van der Waals surface area contributed by atoms with E-state index in [4.69, 9.17) is 0 Å². The molecule has 1 aliphatic carbocycles. The monoisotopic (exact) mass is 454 g/mol. The predicted octanol–water partition coefficient (Wildman–Crippen LogP) is 6.18. The van der Waals surface area contributed by atoms with Gasteiger partial charge in [0.05, 0.1) is 6.04 Å². The number of nitrogens with one attached hydrogen (secondary N) is 2. The summed E-state index contributed by atoms with van der Waals surface area (Å²) in [5, 5.41) is 7.78. The summed E-state index contributed by atoms with van der Waals surface area (Å²) in [6, 6.07) is 17.3. The Labute approximate surface area is 197 Å². The van der Waals surface area contributed by atoms with E-state index < -0.39 is 0 Å². The summed E-state index contributed by atoms with van der Waals surface area (Å²) >= 11 is 1.71. The molecule has 0 unspecified atom stereocenters. The molecule has 0 saturated carbocycles. The lowest BCUT2D eigenvalue weighted by Crippen LogP contribution is -2.19. The molecule has 1 aromatic carbocycles. The Morgan fingerprint density at radius 1 is 1.03 bits per heavy atom. The normalized spacial score (nSPS) is 13.7. The number of nitrogens with zero attached hydrogens (tertiary/aromatic N) is 2. The van der Waals surface area contributed by atoms with Crippen molar-refractivity contribution in [2.24, 2.45) is 0 Å². The van der Waals surface area contributed by atoms with Crippen LogP contribution in [0.1, 0.15) is 56.4 Å². The number of aryl methyl sites for hydroxylation is 2. The molecular weight excluding hydrogens is 428 g/mol. The van der Waals surface area contributed by atoms with E-state index in [0.29, 0.717) is 5.56 Å². The third kappa shape index (κ3) is 4.66. The largest absolute Gasteiger partial charge is 0.359 e. The first-order valence-corrected chi connectivity index (χ1v) is 12.1. The number of anilines is 2. The molecule has 3 aromatic heterocycles. The van der Waals surface area contributed by atoms with Gasteiger partial charge in [-0.1, -0.05) is 24.3 Å². The van der Waals surface area contributed by atoms with Gasteiger partial charge in [0.2, 0.25) is 0 Å². The number of aromatic nitrogens is 2. The third-order valence-electron chi connectivity index (χ3n) is 5.99. The number of carbonyl (C=O) groups is 1. The smallest absolute Gasteiger partial charge is 0.256 e. The van der Waals surface area contributed by atoms with Crippen LogP contribution in [0.15, 0.2) is 73.2 Å². The molecule has 5 rings (SSSR count). The maximum absolute atomic E-state index is 13.1. The van der Waals surface area contributed by atoms with Crippen molar-refractivity contribution in [2.75, 3.05) is 10.6 Å². The van der Waals surface area contributed by atoms with Gasteiger partial charge in [-0.25, -0.2) is 4.98 Å². The van der Waals surface area contributed by atoms with Crippen molar-refractivity contribution in [3.8, 4) is 0 Å². The van der Waals surface area contributed by atoms with Crippen LogP contribution in [0.2, 0.25) is 0 Å². The molecule has 33 heavy (non-hydrogen) atoms. The Morgan fingerprint density at radius 2 is 1.88 bits per heavy atom. The molecule has 0 aliphatic heterocycles. The lowest BCUT2D eigenvalue weighted by Gasteiger charge is -2.24. The molecule has 166 valence electrons. The van der Waals surface area contributed by atoms with Crippen LogP contribution in [0, 0.1) is 6.92 Å². The van der Waals surface area contributed by atoms with E-state index in [1.807, 2.05) is 60.9 Å². The van der Waals surface area contributed by atoms with Gasteiger partial charge >= 0.3 is 0 Å². The second kappa shape index (κ2) is 9.55. The number of benzene rings is 1. The Balaban J connectivity index is 1.60. The van der Waals surface area contributed by atoms with E-state index >= 15 is 0 Å². The van der Waals surface area contributed by atoms with E-state index in [9.17, 15) is 4.79 Å². The Kier molecular flexibility index (Phi) is 6.17. The molecular formula is C27H26N4OS. The minimum atomic E-state index is -0.169. The Bertz CT molecular complexity index is 1250. The van der Waals surface area contributed by atoms with Crippen LogP contribution in [0.3, 0.4) is 0 Å². The molecule has 0 bridgehead atoms. The fourth-order valence-corrected chi connectivity index (χ4v) is 5.71. The van der Waals surface area contributed by atoms with Crippen molar-refractivity contribution in [3.63, 3.8) is 0 Å². The zero-order valence-corrected chi connectivity index (χ0v) is 19.4. The number of hydrogen-bond donors (Lipinski definition) is 2. The predicted molar refractivity (Wildman–Crippen MR) is 134 cm³/mol. The van der Waals surface area contributed by atoms with Gasteiger partial charge in [-0.15, -0.1) is 11.3 Å². The van der Waals surface area contributed by atoms with Crippen molar-refractivity contribution in [1.82, 2.24) is 9.97 Å². The number of rotatable bonds is 6. The Morgan fingerprint density at radius 3 is 2.67 bits per heavy atom. The minimum absolute atomic E-state index is 0.0888. The van der Waals surface area contributed by atoms with Crippen LogP contribution in [-0.2, 0) is 12.8 Å². The van der Waals surface area contributed by atoms with E-state index in [2.05, 4.69) is 33.6 Å². The van der Waals surface area contributed by atoms with Crippen molar-refractivity contribution >= 4 is 28.1 Å². The highest BCUT2D eigenvalue weighted by Crippen LogP contribution is 2.44. The van der Waals surface area contributed by atoms with Crippen molar-refractivity contribution < 1.29 is 4.79 Å². The molecule has 0 saturated heterocycles. The fraction of sp³-hybridized carbons (Fsp3) is 0.222. The van der Waals surface area contributed by atoms with Crippen molar-refractivity contribution in [3.05, 3.63) is 106 Å². The summed E-state index contributed by atoms with van der Waals surface area (Å²) in [4.78, 5) is 23.4. The van der Waals surface area contributed by atoms with Gasteiger partial charge in [0.15, 0.2) is 0 Å². The number of amides is 1.